The van der Waals surface area contributed by atoms with E-state index in [9.17, 15) is 0 Å². The SMILES string of the molecule is Cc1cccc(CCNc2nc(-c3ccc4ncccc4c3)c(-c3ccccc3)nc2N)n1. The molecule has 0 fully saturated rings. The summed E-state index contributed by atoms with van der Waals surface area (Å²) in [6.07, 6.45) is 2.56. The van der Waals surface area contributed by atoms with Gasteiger partial charge >= 0.3 is 0 Å². The van der Waals surface area contributed by atoms with Crippen LogP contribution in [0, 0.1) is 6.92 Å². The van der Waals surface area contributed by atoms with Gasteiger partial charge in [-0.2, -0.15) is 0 Å². The number of nitrogen functional groups attached to an aromatic ring is 1. The molecule has 5 rings (SSSR count). The van der Waals surface area contributed by atoms with Crippen molar-refractivity contribution in [1.29, 1.82) is 0 Å². The zero-order valence-corrected chi connectivity index (χ0v) is 18.4. The Labute approximate surface area is 192 Å². The Morgan fingerprint density at radius 1 is 0.788 bits per heavy atom. The molecule has 0 saturated heterocycles. The van der Waals surface area contributed by atoms with Crippen LogP contribution in [0.15, 0.2) is 85.1 Å². The monoisotopic (exact) mass is 432 g/mol. The Balaban J connectivity index is 1.53. The first kappa shape index (κ1) is 20.6. The van der Waals surface area contributed by atoms with Gasteiger partial charge in [0, 0.05) is 47.1 Å². The predicted molar refractivity (Wildman–Crippen MR) is 134 cm³/mol. The zero-order valence-electron chi connectivity index (χ0n) is 18.4. The molecule has 0 atom stereocenters. The summed E-state index contributed by atoms with van der Waals surface area (Å²) in [7, 11) is 0. The van der Waals surface area contributed by atoms with E-state index in [4.69, 9.17) is 15.7 Å². The summed E-state index contributed by atoms with van der Waals surface area (Å²) < 4.78 is 0. The third kappa shape index (κ3) is 4.50. The van der Waals surface area contributed by atoms with Gasteiger partial charge < -0.3 is 11.1 Å². The van der Waals surface area contributed by atoms with Crippen LogP contribution in [-0.2, 0) is 6.42 Å². The maximum absolute atomic E-state index is 6.34. The van der Waals surface area contributed by atoms with Crippen molar-refractivity contribution in [3.05, 3.63) is 96.4 Å². The first-order chi connectivity index (χ1) is 16.2. The van der Waals surface area contributed by atoms with Gasteiger partial charge in [0.25, 0.3) is 0 Å². The van der Waals surface area contributed by atoms with Crippen molar-refractivity contribution in [2.75, 3.05) is 17.6 Å². The van der Waals surface area contributed by atoms with Gasteiger partial charge in [0.1, 0.15) is 0 Å². The van der Waals surface area contributed by atoms with E-state index in [0.717, 1.165) is 51.2 Å². The minimum absolute atomic E-state index is 0.372. The fraction of sp³-hybridized carbons (Fsp3) is 0.111. The van der Waals surface area contributed by atoms with Crippen LogP contribution in [0.1, 0.15) is 11.4 Å². The van der Waals surface area contributed by atoms with Gasteiger partial charge in [-0.3, -0.25) is 9.97 Å². The minimum Gasteiger partial charge on any atom is -0.381 e. The molecule has 3 heterocycles. The molecule has 0 spiro atoms. The number of aryl methyl sites for hydroxylation is 1. The van der Waals surface area contributed by atoms with Gasteiger partial charge in [0.05, 0.1) is 16.9 Å². The molecule has 3 aromatic heterocycles. The number of nitrogens with zero attached hydrogens (tertiary/aromatic N) is 4. The topological polar surface area (TPSA) is 89.6 Å². The molecule has 0 aliphatic carbocycles. The highest BCUT2D eigenvalue weighted by Gasteiger charge is 2.16. The van der Waals surface area contributed by atoms with E-state index in [2.05, 4.69) is 21.4 Å². The molecular weight excluding hydrogens is 408 g/mol. The predicted octanol–water partition coefficient (Wildman–Crippen LogP) is 5.30. The van der Waals surface area contributed by atoms with Crippen LogP contribution < -0.4 is 11.1 Å². The summed E-state index contributed by atoms with van der Waals surface area (Å²) >= 11 is 0. The first-order valence-corrected chi connectivity index (χ1v) is 10.9. The van der Waals surface area contributed by atoms with E-state index in [1.807, 2.05) is 79.7 Å². The number of anilines is 2. The molecule has 33 heavy (non-hydrogen) atoms. The molecule has 2 aromatic carbocycles. The van der Waals surface area contributed by atoms with E-state index >= 15 is 0 Å². The normalized spacial score (nSPS) is 10.9. The van der Waals surface area contributed by atoms with Gasteiger partial charge in [0.15, 0.2) is 11.6 Å². The standard InChI is InChI=1S/C27H24N6/c1-18-7-5-11-22(31-18)14-16-30-27-26(28)32-24(19-8-3-2-4-9-19)25(33-27)21-12-13-23-20(17-21)10-6-15-29-23/h2-13,15,17H,14,16H2,1H3,(H2,28,32)(H,30,33). The summed E-state index contributed by atoms with van der Waals surface area (Å²) in [5, 5.41) is 4.40. The molecule has 5 aromatic rings. The number of aromatic nitrogens is 4. The van der Waals surface area contributed by atoms with Gasteiger partial charge in [0.2, 0.25) is 0 Å². The highest BCUT2D eigenvalue weighted by Crippen LogP contribution is 2.33. The van der Waals surface area contributed by atoms with Crippen LogP contribution >= 0.6 is 0 Å². The molecule has 0 saturated carbocycles. The average Bonchev–Trinajstić information content (AvgIpc) is 2.85. The lowest BCUT2D eigenvalue weighted by Crippen LogP contribution is -2.12. The van der Waals surface area contributed by atoms with Crippen LogP contribution in [0.5, 0.6) is 0 Å². The smallest absolute Gasteiger partial charge is 0.169 e. The van der Waals surface area contributed by atoms with E-state index < -0.39 is 0 Å². The van der Waals surface area contributed by atoms with E-state index in [-0.39, 0.29) is 0 Å². The second kappa shape index (κ2) is 9.04. The number of nitrogens with one attached hydrogen (secondary N) is 1. The third-order valence-corrected chi connectivity index (χ3v) is 5.47. The molecule has 162 valence electrons. The van der Waals surface area contributed by atoms with E-state index in [1.165, 1.54) is 0 Å². The van der Waals surface area contributed by atoms with Gasteiger partial charge in [-0.15, -0.1) is 0 Å². The number of pyridine rings is 2. The number of fused-ring (bicyclic) bond motifs is 1. The fourth-order valence-electron chi connectivity index (χ4n) is 3.85. The first-order valence-electron chi connectivity index (χ1n) is 10.9. The lowest BCUT2D eigenvalue weighted by Gasteiger charge is -2.14. The number of rotatable bonds is 6. The molecule has 0 aliphatic rings. The van der Waals surface area contributed by atoms with Crippen molar-refractivity contribution in [1.82, 2.24) is 19.9 Å². The Morgan fingerprint density at radius 3 is 2.48 bits per heavy atom. The van der Waals surface area contributed by atoms with E-state index in [1.54, 1.807) is 6.20 Å². The van der Waals surface area contributed by atoms with Crippen LogP contribution in [0.3, 0.4) is 0 Å². The number of hydrogen-bond donors (Lipinski definition) is 2. The van der Waals surface area contributed by atoms with E-state index in [0.29, 0.717) is 18.2 Å². The van der Waals surface area contributed by atoms with Crippen LogP contribution in [0.2, 0.25) is 0 Å². The number of hydrogen-bond acceptors (Lipinski definition) is 6. The summed E-state index contributed by atoms with van der Waals surface area (Å²) in [4.78, 5) is 18.7. The summed E-state index contributed by atoms with van der Waals surface area (Å²) in [5.41, 5.74) is 12.8. The second-order valence-corrected chi connectivity index (χ2v) is 7.88. The van der Waals surface area contributed by atoms with Crippen LogP contribution in [0.25, 0.3) is 33.4 Å². The van der Waals surface area contributed by atoms with Gasteiger partial charge in [-0.25, -0.2) is 9.97 Å². The van der Waals surface area contributed by atoms with Crippen LogP contribution in [0.4, 0.5) is 11.6 Å². The third-order valence-electron chi connectivity index (χ3n) is 5.47. The summed E-state index contributed by atoms with van der Waals surface area (Å²) in [6.45, 7) is 2.65. The lowest BCUT2D eigenvalue weighted by atomic mass is 10.0. The molecule has 0 unspecified atom stereocenters. The molecule has 6 heteroatoms. The molecule has 0 aliphatic heterocycles. The molecule has 6 nitrogen and oxygen atoms in total. The Bertz CT molecular complexity index is 1420. The molecule has 0 bridgehead atoms. The largest absolute Gasteiger partial charge is 0.381 e. The Hall–Kier alpha value is -4.32. The maximum atomic E-state index is 6.34. The number of benzene rings is 2. The fourth-order valence-corrected chi connectivity index (χ4v) is 3.85. The number of nitrogens with two attached hydrogens (primary N) is 1. The van der Waals surface area contributed by atoms with Crippen molar-refractivity contribution in [3.8, 4) is 22.5 Å². The summed E-state index contributed by atoms with van der Waals surface area (Å²) in [6, 6.07) is 26.2. The maximum Gasteiger partial charge on any atom is 0.169 e. The van der Waals surface area contributed by atoms with Crippen molar-refractivity contribution >= 4 is 22.5 Å². The van der Waals surface area contributed by atoms with Crippen molar-refractivity contribution in [3.63, 3.8) is 0 Å². The van der Waals surface area contributed by atoms with Gasteiger partial charge in [-0.1, -0.05) is 48.5 Å². The van der Waals surface area contributed by atoms with Crippen molar-refractivity contribution in [2.45, 2.75) is 13.3 Å². The van der Waals surface area contributed by atoms with Crippen LogP contribution in [-0.4, -0.2) is 26.5 Å². The minimum atomic E-state index is 0.372. The van der Waals surface area contributed by atoms with Gasteiger partial charge in [-0.05, 0) is 37.3 Å². The molecule has 0 amide bonds. The Morgan fingerprint density at radius 2 is 1.64 bits per heavy atom. The molecule has 0 radical (unpaired) electrons. The highest BCUT2D eigenvalue weighted by molar-refractivity contribution is 5.88. The highest BCUT2D eigenvalue weighted by atomic mass is 15.1. The molecule has 3 N–H and O–H groups in total. The molecular formula is C27H24N6. The average molecular weight is 433 g/mol. The summed E-state index contributed by atoms with van der Waals surface area (Å²) in [5.74, 6) is 0.945. The Kier molecular flexibility index (Phi) is 5.64. The lowest BCUT2D eigenvalue weighted by molar-refractivity contribution is 0.939. The van der Waals surface area contributed by atoms with Crippen molar-refractivity contribution < 1.29 is 0 Å². The quantitative estimate of drug-likeness (QED) is 0.378. The van der Waals surface area contributed by atoms with Crippen molar-refractivity contribution in [2.24, 2.45) is 0 Å². The second-order valence-electron chi connectivity index (χ2n) is 7.88. The zero-order chi connectivity index (χ0) is 22.6.